The molecule has 2 saturated carbocycles. The van der Waals surface area contributed by atoms with Crippen molar-refractivity contribution in [3.05, 3.63) is 47.1 Å². The third-order valence-corrected chi connectivity index (χ3v) is 7.86. The Morgan fingerprint density at radius 1 is 1.19 bits per heavy atom. The van der Waals surface area contributed by atoms with E-state index in [1.165, 1.54) is 0 Å². The Balaban J connectivity index is 1.78. The standard InChI is InChI=1S/C27H31F7O2/c1-16(6-4-13-25(36,26(29,30)31)27(32,33)34)21-10-11-22-18(7-5-12-24(21,22)3)8-9-19-14-20(35)15-23(28)17(19)2/h8-10,16,20,22-23,35-36H,2,5-7,11-12,14-15H2,1,3H3/b18-8+,19-9+/t16-,20-,22+,23+,24-/m1/s1. The molecule has 3 rings (SSSR count). The molecule has 0 amide bonds. The largest absolute Gasteiger partial charge is 0.438 e. The Hall–Kier alpha value is -2.05. The van der Waals surface area contributed by atoms with Crippen molar-refractivity contribution < 1.29 is 40.9 Å². The fourth-order valence-corrected chi connectivity index (χ4v) is 5.79. The summed E-state index contributed by atoms with van der Waals surface area (Å²) in [5.74, 6) is 2.68. The number of alkyl halides is 7. The zero-order valence-electron chi connectivity index (χ0n) is 20.2. The number of hydrogen-bond donors (Lipinski definition) is 2. The molecule has 3 aliphatic rings. The molecule has 36 heavy (non-hydrogen) atoms. The summed E-state index contributed by atoms with van der Waals surface area (Å²) in [7, 11) is 0. The van der Waals surface area contributed by atoms with Gasteiger partial charge in [-0.25, -0.2) is 4.39 Å². The van der Waals surface area contributed by atoms with Crippen LogP contribution >= 0.6 is 0 Å². The lowest BCUT2D eigenvalue weighted by molar-refractivity contribution is -0.343. The van der Waals surface area contributed by atoms with E-state index >= 15 is 0 Å². The van der Waals surface area contributed by atoms with Gasteiger partial charge in [0.05, 0.1) is 6.10 Å². The second-order valence-corrected chi connectivity index (χ2v) is 10.4. The molecule has 2 N–H and O–H groups in total. The Labute approximate surface area is 206 Å². The number of aliphatic hydroxyl groups is 2. The first-order valence-electron chi connectivity index (χ1n) is 12.0. The Morgan fingerprint density at radius 3 is 2.44 bits per heavy atom. The van der Waals surface area contributed by atoms with Gasteiger partial charge in [-0.05, 0) is 66.4 Å². The lowest BCUT2D eigenvalue weighted by Gasteiger charge is -2.42. The first kappa shape index (κ1) is 28.5. The molecule has 0 aliphatic heterocycles. The SMILES string of the molecule is C=C1/C(=C/C=C2\CCC[C@]3(C)C([C@H](C)CC#CC(O)(C(F)(F)F)C(F)(F)F)=CC[C@@H]23)C[C@@H](O)C[C@@H]1F. The Kier molecular flexibility index (Phi) is 7.93. The van der Waals surface area contributed by atoms with Crippen LogP contribution in [0.2, 0.25) is 0 Å². The predicted molar refractivity (Wildman–Crippen MR) is 122 cm³/mol. The van der Waals surface area contributed by atoms with Crippen molar-refractivity contribution in [3.63, 3.8) is 0 Å². The van der Waals surface area contributed by atoms with Crippen molar-refractivity contribution in [1.82, 2.24) is 0 Å². The van der Waals surface area contributed by atoms with E-state index in [2.05, 4.69) is 6.58 Å². The lowest BCUT2D eigenvalue weighted by Crippen LogP contribution is -2.55. The van der Waals surface area contributed by atoms with Crippen LogP contribution in [-0.4, -0.2) is 40.4 Å². The van der Waals surface area contributed by atoms with Crippen molar-refractivity contribution in [2.75, 3.05) is 0 Å². The van der Waals surface area contributed by atoms with Gasteiger partial charge in [-0.3, -0.25) is 0 Å². The highest BCUT2D eigenvalue weighted by atomic mass is 19.4. The van der Waals surface area contributed by atoms with E-state index in [9.17, 15) is 40.9 Å². The van der Waals surface area contributed by atoms with Gasteiger partial charge in [-0.2, -0.15) is 26.3 Å². The number of halogens is 7. The Morgan fingerprint density at radius 2 is 1.83 bits per heavy atom. The zero-order valence-corrected chi connectivity index (χ0v) is 20.2. The molecule has 0 aromatic carbocycles. The van der Waals surface area contributed by atoms with Crippen LogP contribution < -0.4 is 0 Å². The molecular formula is C27H31F7O2. The van der Waals surface area contributed by atoms with Gasteiger partial charge < -0.3 is 10.2 Å². The van der Waals surface area contributed by atoms with Crippen molar-refractivity contribution in [1.29, 1.82) is 0 Å². The van der Waals surface area contributed by atoms with Crippen LogP contribution in [0.15, 0.2) is 47.1 Å². The summed E-state index contributed by atoms with van der Waals surface area (Å²) < 4.78 is 91.4. The highest BCUT2D eigenvalue weighted by Crippen LogP contribution is 2.57. The number of fused-ring (bicyclic) bond motifs is 1. The normalized spacial score (nSPS) is 32.7. The summed E-state index contributed by atoms with van der Waals surface area (Å²) in [5, 5.41) is 19.2. The molecule has 3 aliphatic carbocycles. The van der Waals surface area contributed by atoms with E-state index < -0.39 is 36.1 Å². The second kappa shape index (κ2) is 10.0. The number of aliphatic hydroxyl groups excluding tert-OH is 1. The van der Waals surface area contributed by atoms with Gasteiger partial charge in [0.1, 0.15) is 6.17 Å². The van der Waals surface area contributed by atoms with Crippen molar-refractivity contribution in [2.24, 2.45) is 17.3 Å². The molecule has 0 radical (unpaired) electrons. The van der Waals surface area contributed by atoms with Crippen molar-refractivity contribution >= 4 is 0 Å². The minimum Gasteiger partial charge on any atom is -0.393 e. The van der Waals surface area contributed by atoms with Gasteiger partial charge >= 0.3 is 18.0 Å². The maximum absolute atomic E-state index is 14.1. The molecule has 0 unspecified atom stereocenters. The molecule has 0 saturated heterocycles. The molecule has 0 spiro atoms. The molecule has 9 heteroatoms. The van der Waals surface area contributed by atoms with Gasteiger partial charge in [-0.1, -0.05) is 55.7 Å². The van der Waals surface area contributed by atoms with Gasteiger partial charge in [0.2, 0.25) is 0 Å². The van der Waals surface area contributed by atoms with Crippen LogP contribution in [0.4, 0.5) is 30.7 Å². The fraction of sp³-hybridized carbons (Fsp3) is 0.630. The molecule has 0 aromatic rings. The van der Waals surface area contributed by atoms with E-state index in [0.29, 0.717) is 24.0 Å². The first-order chi connectivity index (χ1) is 16.5. The molecule has 200 valence electrons. The van der Waals surface area contributed by atoms with E-state index in [1.807, 2.05) is 25.0 Å². The molecule has 0 aromatic heterocycles. The van der Waals surface area contributed by atoms with Gasteiger partial charge in [0.25, 0.3) is 0 Å². The predicted octanol–water partition coefficient (Wildman–Crippen LogP) is 6.91. The quantitative estimate of drug-likeness (QED) is 0.241. The first-order valence-corrected chi connectivity index (χ1v) is 12.0. The number of rotatable bonds is 3. The van der Waals surface area contributed by atoms with E-state index in [-0.39, 0.29) is 24.2 Å². The van der Waals surface area contributed by atoms with E-state index in [0.717, 1.165) is 36.3 Å². The molecule has 2 fully saturated rings. The van der Waals surface area contributed by atoms with Crippen LogP contribution in [0.25, 0.3) is 0 Å². The summed E-state index contributed by atoms with van der Waals surface area (Å²) in [5.41, 5.74) is -2.31. The Bertz CT molecular complexity index is 1010. The second-order valence-electron chi connectivity index (χ2n) is 10.4. The maximum atomic E-state index is 14.1. The topological polar surface area (TPSA) is 40.5 Å². The number of allylic oxidation sites excluding steroid dienone is 6. The molecule has 5 atom stereocenters. The number of hydrogen-bond acceptors (Lipinski definition) is 2. The van der Waals surface area contributed by atoms with Crippen LogP contribution in [0.5, 0.6) is 0 Å². The lowest BCUT2D eigenvalue weighted by atomic mass is 9.62. The molecule has 2 nitrogen and oxygen atoms in total. The average Bonchev–Trinajstić information content (AvgIpc) is 3.11. The van der Waals surface area contributed by atoms with Crippen molar-refractivity contribution in [3.8, 4) is 11.8 Å². The summed E-state index contributed by atoms with van der Waals surface area (Å²) in [4.78, 5) is 0. The van der Waals surface area contributed by atoms with Gasteiger partial charge in [0, 0.05) is 12.8 Å². The third kappa shape index (κ3) is 5.31. The van der Waals surface area contributed by atoms with E-state index in [4.69, 9.17) is 0 Å². The summed E-state index contributed by atoms with van der Waals surface area (Å²) in [6.45, 7) is 7.56. The summed E-state index contributed by atoms with van der Waals surface area (Å²) in [6, 6.07) is 0. The van der Waals surface area contributed by atoms with Crippen LogP contribution in [0.3, 0.4) is 0 Å². The molecule has 0 heterocycles. The van der Waals surface area contributed by atoms with Crippen LogP contribution in [0, 0.1) is 29.1 Å². The average molecular weight is 521 g/mol. The third-order valence-electron chi connectivity index (χ3n) is 7.86. The maximum Gasteiger partial charge on any atom is 0.438 e. The van der Waals surface area contributed by atoms with E-state index in [1.54, 1.807) is 13.0 Å². The summed E-state index contributed by atoms with van der Waals surface area (Å²) in [6.07, 6.45) is -5.01. The minimum atomic E-state index is -5.97. The molecule has 0 bridgehead atoms. The smallest absolute Gasteiger partial charge is 0.393 e. The summed E-state index contributed by atoms with van der Waals surface area (Å²) >= 11 is 0. The monoisotopic (exact) mass is 520 g/mol. The van der Waals surface area contributed by atoms with Crippen LogP contribution in [-0.2, 0) is 0 Å². The molecular weight excluding hydrogens is 489 g/mol. The van der Waals surface area contributed by atoms with Crippen LogP contribution in [0.1, 0.15) is 58.8 Å². The zero-order chi connectivity index (χ0) is 27.1. The minimum absolute atomic E-state index is 0.0326. The highest BCUT2D eigenvalue weighted by Gasteiger charge is 2.70. The fourth-order valence-electron chi connectivity index (χ4n) is 5.79. The van der Waals surface area contributed by atoms with Crippen molar-refractivity contribution in [2.45, 2.75) is 89.0 Å². The highest BCUT2D eigenvalue weighted by molar-refractivity contribution is 5.40. The van der Waals surface area contributed by atoms with Gasteiger partial charge in [0.15, 0.2) is 0 Å². The van der Waals surface area contributed by atoms with Gasteiger partial charge in [-0.15, -0.1) is 0 Å².